The van der Waals surface area contributed by atoms with Crippen LogP contribution in [-0.2, 0) is 16.6 Å². The molecular weight excluding hydrogens is 354 g/mol. The molecular formula is C21H29N5O2. The van der Waals surface area contributed by atoms with Gasteiger partial charge in [0.05, 0.1) is 6.04 Å². The molecule has 0 spiro atoms. The molecule has 7 nitrogen and oxygen atoms in total. The molecule has 1 aromatic heterocycles. The van der Waals surface area contributed by atoms with Crippen LogP contribution in [-0.4, -0.2) is 66.0 Å². The second kappa shape index (κ2) is 9.03. The number of hydrogen-bond acceptors (Lipinski definition) is 4. The van der Waals surface area contributed by atoms with Crippen molar-refractivity contribution in [3.05, 3.63) is 53.9 Å². The molecule has 1 saturated heterocycles. The first kappa shape index (κ1) is 20.1. The van der Waals surface area contributed by atoms with Crippen LogP contribution in [0, 0.1) is 6.92 Å². The highest BCUT2D eigenvalue weighted by Crippen LogP contribution is 2.21. The van der Waals surface area contributed by atoms with Crippen molar-refractivity contribution in [1.82, 2.24) is 19.7 Å². The Morgan fingerprint density at radius 1 is 1.00 bits per heavy atom. The molecule has 2 amide bonds. The number of hydrogen-bond donors (Lipinski definition) is 2. The van der Waals surface area contributed by atoms with E-state index in [0.717, 1.165) is 37.4 Å². The first-order chi connectivity index (χ1) is 13.4. The van der Waals surface area contributed by atoms with Crippen molar-refractivity contribution >= 4 is 17.5 Å². The van der Waals surface area contributed by atoms with E-state index in [1.165, 1.54) is 0 Å². The maximum Gasteiger partial charge on any atom is 0.313 e. The summed E-state index contributed by atoms with van der Waals surface area (Å²) in [4.78, 5) is 29.3. The van der Waals surface area contributed by atoms with E-state index in [0.29, 0.717) is 12.2 Å². The van der Waals surface area contributed by atoms with Crippen molar-refractivity contribution in [3.63, 3.8) is 0 Å². The van der Waals surface area contributed by atoms with Crippen molar-refractivity contribution in [2.24, 2.45) is 7.05 Å². The van der Waals surface area contributed by atoms with Crippen LogP contribution in [0.2, 0.25) is 0 Å². The summed E-state index contributed by atoms with van der Waals surface area (Å²) in [7, 11) is 4.12. The number of piperazine rings is 1. The molecule has 0 bridgehead atoms. The van der Waals surface area contributed by atoms with E-state index in [4.69, 9.17) is 0 Å². The van der Waals surface area contributed by atoms with Crippen molar-refractivity contribution < 1.29 is 9.59 Å². The summed E-state index contributed by atoms with van der Waals surface area (Å²) in [6.45, 7) is 6.20. The largest absolute Gasteiger partial charge is 0.353 e. The zero-order valence-corrected chi connectivity index (χ0v) is 16.8. The molecule has 1 aliphatic heterocycles. The molecule has 1 aromatic carbocycles. The number of carbonyl (C=O) groups is 2. The molecule has 1 fully saturated rings. The minimum atomic E-state index is -0.645. The average Bonchev–Trinajstić information content (AvgIpc) is 3.10. The molecule has 7 heteroatoms. The van der Waals surface area contributed by atoms with Gasteiger partial charge in [0.25, 0.3) is 0 Å². The molecule has 2 heterocycles. The molecule has 0 saturated carbocycles. The Bertz CT molecular complexity index is 806. The standard InChI is InChI=1S/C21H29N5O2/c1-16-6-8-17(9-7-16)23-21(28)20(27)22-15-19(18-5-4-10-25(18)3)26-13-11-24(2)12-14-26/h4-10,19H,11-15H2,1-3H3,(H,22,27)(H,23,28). The lowest BCUT2D eigenvalue weighted by atomic mass is 10.1. The van der Waals surface area contributed by atoms with E-state index in [2.05, 4.69) is 38.1 Å². The Morgan fingerprint density at radius 3 is 2.29 bits per heavy atom. The Labute approximate surface area is 166 Å². The number of benzene rings is 1. The molecule has 150 valence electrons. The van der Waals surface area contributed by atoms with Gasteiger partial charge in [0.1, 0.15) is 0 Å². The van der Waals surface area contributed by atoms with Crippen molar-refractivity contribution in [1.29, 1.82) is 0 Å². The number of carbonyl (C=O) groups excluding carboxylic acids is 2. The van der Waals surface area contributed by atoms with E-state index in [1.807, 2.05) is 38.4 Å². The van der Waals surface area contributed by atoms with Crippen LogP contribution in [0.5, 0.6) is 0 Å². The number of nitrogens with zero attached hydrogens (tertiary/aromatic N) is 3. The van der Waals surface area contributed by atoms with Gasteiger partial charge < -0.3 is 20.1 Å². The molecule has 3 rings (SSSR count). The Balaban J connectivity index is 1.62. The van der Waals surface area contributed by atoms with Crippen LogP contribution in [0.3, 0.4) is 0 Å². The summed E-state index contributed by atoms with van der Waals surface area (Å²) in [5.74, 6) is -1.26. The maximum absolute atomic E-state index is 12.4. The zero-order chi connectivity index (χ0) is 20.1. The Morgan fingerprint density at radius 2 is 1.68 bits per heavy atom. The smallest absolute Gasteiger partial charge is 0.313 e. The fourth-order valence-electron chi connectivity index (χ4n) is 3.47. The lowest BCUT2D eigenvalue weighted by Gasteiger charge is -2.38. The molecule has 0 radical (unpaired) electrons. The fourth-order valence-corrected chi connectivity index (χ4v) is 3.47. The van der Waals surface area contributed by atoms with Crippen LogP contribution < -0.4 is 10.6 Å². The third kappa shape index (κ3) is 4.99. The van der Waals surface area contributed by atoms with Crippen molar-refractivity contribution in [3.8, 4) is 0 Å². The van der Waals surface area contributed by atoms with E-state index in [1.54, 1.807) is 12.1 Å². The fraction of sp³-hybridized carbons (Fsp3) is 0.429. The summed E-state index contributed by atoms with van der Waals surface area (Å²) in [6, 6.07) is 11.5. The molecule has 2 aromatic rings. The quantitative estimate of drug-likeness (QED) is 0.766. The number of nitrogens with one attached hydrogen (secondary N) is 2. The molecule has 1 unspecified atom stereocenters. The number of rotatable bonds is 5. The summed E-state index contributed by atoms with van der Waals surface area (Å²) < 4.78 is 2.07. The van der Waals surface area contributed by atoms with Gasteiger partial charge in [-0.3, -0.25) is 14.5 Å². The second-order valence-electron chi connectivity index (χ2n) is 7.43. The van der Waals surface area contributed by atoms with Crippen molar-refractivity contribution in [2.75, 3.05) is 45.1 Å². The van der Waals surface area contributed by atoms with Gasteiger partial charge >= 0.3 is 11.8 Å². The lowest BCUT2D eigenvalue weighted by Crippen LogP contribution is -2.49. The van der Waals surface area contributed by atoms with E-state index >= 15 is 0 Å². The van der Waals surface area contributed by atoms with Gasteiger partial charge in [-0.25, -0.2) is 0 Å². The third-order valence-electron chi connectivity index (χ3n) is 5.28. The number of anilines is 1. The molecule has 1 atom stereocenters. The van der Waals surface area contributed by atoms with Crippen LogP contribution in [0.4, 0.5) is 5.69 Å². The summed E-state index contributed by atoms with van der Waals surface area (Å²) >= 11 is 0. The highest BCUT2D eigenvalue weighted by molar-refractivity contribution is 6.39. The monoisotopic (exact) mass is 383 g/mol. The van der Waals surface area contributed by atoms with Gasteiger partial charge in [-0.15, -0.1) is 0 Å². The number of amides is 2. The molecule has 1 aliphatic rings. The first-order valence-corrected chi connectivity index (χ1v) is 9.63. The number of likely N-dealkylation sites (N-methyl/N-ethyl adjacent to an activating group) is 1. The van der Waals surface area contributed by atoms with Gasteiger partial charge in [-0.05, 0) is 38.2 Å². The summed E-state index contributed by atoms with van der Waals surface area (Å²) in [6.07, 6.45) is 2.00. The van der Waals surface area contributed by atoms with Crippen LogP contribution in [0.15, 0.2) is 42.6 Å². The van der Waals surface area contributed by atoms with Gasteiger partial charge in [0, 0.05) is 57.3 Å². The molecule has 2 N–H and O–H groups in total. The molecule has 28 heavy (non-hydrogen) atoms. The van der Waals surface area contributed by atoms with Crippen molar-refractivity contribution in [2.45, 2.75) is 13.0 Å². The summed E-state index contributed by atoms with van der Waals surface area (Å²) in [5.41, 5.74) is 2.84. The number of aryl methyl sites for hydroxylation is 2. The molecule has 0 aliphatic carbocycles. The van der Waals surface area contributed by atoms with E-state index < -0.39 is 11.8 Å². The van der Waals surface area contributed by atoms with E-state index in [9.17, 15) is 9.59 Å². The SMILES string of the molecule is Cc1ccc(NC(=O)C(=O)NCC(c2cccn2C)N2CCN(C)CC2)cc1. The van der Waals surface area contributed by atoms with Crippen LogP contribution in [0.1, 0.15) is 17.3 Å². The minimum Gasteiger partial charge on any atom is -0.353 e. The first-order valence-electron chi connectivity index (χ1n) is 9.63. The predicted molar refractivity (Wildman–Crippen MR) is 110 cm³/mol. The second-order valence-corrected chi connectivity index (χ2v) is 7.43. The van der Waals surface area contributed by atoms with Gasteiger partial charge in [0.15, 0.2) is 0 Å². The van der Waals surface area contributed by atoms with Crippen LogP contribution in [0.25, 0.3) is 0 Å². The zero-order valence-electron chi connectivity index (χ0n) is 16.8. The normalized spacial score (nSPS) is 16.5. The number of aromatic nitrogens is 1. The van der Waals surface area contributed by atoms with Gasteiger partial charge in [-0.2, -0.15) is 0 Å². The maximum atomic E-state index is 12.4. The highest BCUT2D eigenvalue weighted by Gasteiger charge is 2.26. The van der Waals surface area contributed by atoms with Gasteiger partial charge in [0.2, 0.25) is 0 Å². The lowest BCUT2D eigenvalue weighted by molar-refractivity contribution is -0.136. The highest BCUT2D eigenvalue weighted by atomic mass is 16.2. The Kier molecular flexibility index (Phi) is 6.49. The average molecular weight is 383 g/mol. The topological polar surface area (TPSA) is 69.6 Å². The Hall–Kier alpha value is -2.64. The van der Waals surface area contributed by atoms with E-state index in [-0.39, 0.29) is 6.04 Å². The minimum absolute atomic E-state index is 0.0322. The van der Waals surface area contributed by atoms with Crippen LogP contribution >= 0.6 is 0 Å². The predicted octanol–water partition coefficient (Wildman–Crippen LogP) is 1.38. The summed E-state index contributed by atoms with van der Waals surface area (Å²) in [5, 5.41) is 5.47. The third-order valence-corrected chi connectivity index (χ3v) is 5.28. The van der Waals surface area contributed by atoms with Gasteiger partial charge in [-0.1, -0.05) is 17.7 Å².